The van der Waals surface area contributed by atoms with Gasteiger partial charge in [-0.05, 0) is 74.3 Å². The first kappa shape index (κ1) is 20.4. The fraction of sp³-hybridized carbons (Fsp3) is 0.538. The van der Waals surface area contributed by atoms with Crippen molar-refractivity contribution in [2.45, 2.75) is 78.1 Å². The van der Waals surface area contributed by atoms with Crippen LogP contribution in [0.15, 0.2) is 36.4 Å². The minimum absolute atomic E-state index is 0.598. The van der Waals surface area contributed by atoms with E-state index in [2.05, 4.69) is 61.8 Å². The molecule has 0 N–H and O–H groups in total. The molecule has 1 aromatic rings. The Morgan fingerprint density at radius 2 is 1.58 bits per heavy atom. The second-order valence-corrected chi connectivity index (χ2v) is 7.55. The Hall–Kier alpha value is -1.92. The van der Waals surface area contributed by atoms with Crippen molar-refractivity contribution in [3.05, 3.63) is 47.5 Å². The second kappa shape index (κ2) is 12.4. The molecule has 1 aliphatic carbocycles. The second-order valence-electron chi connectivity index (χ2n) is 7.55. The van der Waals surface area contributed by atoms with Gasteiger partial charge in [-0.15, -0.1) is 0 Å². The van der Waals surface area contributed by atoms with E-state index in [-0.39, 0.29) is 0 Å². The van der Waals surface area contributed by atoms with E-state index in [4.69, 9.17) is 0 Å². The van der Waals surface area contributed by atoms with Gasteiger partial charge in [-0.25, -0.2) is 0 Å². The number of hydrogen-bond donors (Lipinski definition) is 0. The van der Waals surface area contributed by atoms with Crippen molar-refractivity contribution in [2.75, 3.05) is 0 Å². The topological polar surface area (TPSA) is 0 Å². The van der Waals surface area contributed by atoms with Gasteiger partial charge in [0.05, 0.1) is 0 Å². The van der Waals surface area contributed by atoms with Crippen molar-refractivity contribution >= 4 is 0 Å². The summed E-state index contributed by atoms with van der Waals surface area (Å²) in [7, 11) is 0. The minimum Gasteiger partial charge on any atom is -0.0951 e. The van der Waals surface area contributed by atoms with Crippen LogP contribution in [0.3, 0.4) is 0 Å². The summed E-state index contributed by atoms with van der Waals surface area (Å²) in [6.07, 6.45) is 16.9. The lowest BCUT2D eigenvalue weighted by Gasteiger charge is -2.25. The molecule has 0 aliphatic heterocycles. The molecule has 1 saturated carbocycles. The zero-order chi connectivity index (χ0) is 18.5. The Labute approximate surface area is 161 Å². The summed E-state index contributed by atoms with van der Waals surface area (Å²) in [6.45, 7) is 4.52. The average Bonchev–Trinajstić information content (AvgIpc) is 2.69. The molecule has 0 amide bonds. The molecule has 0 heteroatoms. The number of rotatable bonds is 6. The Kier molecular flexibility index (Phi) is 9.75. The van der Waals surface area contributed by atoms with E-state index in [0.29, 0.717) is 5.92 Å². The molecule has 0 heterocycles. The van der Waals surface area contributed by atoms with E-state index in [0.717, 1.165) is 11.5 Å². The van der Waals surface area contributed by atoms with Gasteiger partial charge in [0.25, 0.3) is 0 Å². The van der Waals surface area contributed by atoms with Gasteiger partial charge in [-0.3, -0.25) is 0 Å². The third-order valence-electron chi connectivity index (χ3n) is 5.34. The molecule has 0 bridgehead atoms. The van der Waals surface area contributed by atoms with Crippen molar-refractivity contribution in [3.8, 4) is 23.7 Å². The fourth-order valence-electron chi connectivity index (χ4n) is 3.60. The predicted molar refractivity (Wildman–Crippen MR) is 114 cm³/mol. The summed E-state index contributed by atoms with van der Waals surface area (Å²) < 4.78 is 0. The standard InChI is InChI=1S/C26H34/c1-3-5-11-23-15-19-25(20-16-23)13-9-7-8-10-14-26-21-17-24(18-22-26)12-6-4-2/h7-8,15-16,19-20,24,26H,3-6,11-12,17-18,21-22H2,1-2H3/b8-7+/t24-,26-. The van der Waals surface area contributed by atoms with Crippen LogP contribution in [0.2, 0.25) is 0 Å². The van der Waals surface area contributed by atoms with E-state index in [1.54, 1.807) is 0 Å². The molecule has 0 atom stereocenters. The molecule has 0 radical (unpaired) electrons. The largest absolute Gasteiger partial charge is 0.0951 e. The molecule has 1 fully saturated rings. The lowest BCUT2D eigenvalue weighted by Crippen LogP contribution is -2.13. The van der Waals surface area contributed by atoms with E-state index >= 15 is 0 Å². The Morgan fingerprint density at radius 1 is 0.885 bits per heavy atom. The predicted octanol–water partition coefficient (Wildman–Crippen LogP) is 6.94. The number of aryl methyl sites for hydroxylation is 1. The van der Waals surface area contributed by atoms with Crippen molar-refractivity contribution in [2.24, 2.45) is 11.8 Å². The summed E-state index contributed by atoms with van der Waals surface area (Å²) in [5.41, 5.74) is 2.48. The van der Waals surface area contributed by atoms with Gasteiger partial charge in [-0.1, -0.05) is 75.3 Å². The molecule has 1 aliphatic rings. The minimum atomic E-state index is 0.598. The van der Waals surface area contributed by atoms with Gasteiger partial charge in [0.1, 0.15) is 0 Å². The van der Waals surface area contributed by atoms with Crippen molar-refractivity contribution in [3.63, 3.8) is 0 Å². The summed E-state index contributed by atoms with van der Waals surface area (Å²) in [4.78, 5) is 0. The van der Waals surface area contributed by atoms with Crippen molar-refractivity contribution in [1.82, 2.24) is 0 Å². The van der Waals surface area contributed by atoms with Crippen LogP contribution in [-0.4, -0.2) is 0 Å². The molecule has 2 rings (SSSR count). The highest BCUT2D eigenvalue weighted by Gasteiger charge is 2.18. The fourth-order valence-corrected chi connectivity index (χ4v) is 3.60. The monoisotopic (exact) mass is 346 g/mol. The van der Waals surface area contributed by atoms with Gasteiger partial charge in [0.2, 0.25) is 0 Å². The lowest BCUT2D eigenvalue weighted by atomic mass is 9.80. The van der Waals surface area contributed by atoms with Gasteiger partial charge < -0.3 is 0 Å². The number of unbranched alkanes of at least 4 members (excludes halogenated alkanes) is 2. The average molecular weight is 347 g/mol. The highest BCUT2D eigenvalue weighted by molar-refractivity contribution is 5.39. The number of allylic oxidation sites excluding steroid dienone is 2. The summed E-state index contributed by atoms with van der Waals surface area (Å²) in [6, 6.07) is 8.63. The van der Waals surface area contributed by atoms with Crippen LogP contribution in [0.25, 0.3) is 0 Å². The zero-order valence-electron chi connectivity index (χ0n) is 16.7. The Morgan fingerprint density at radius 3 is 2.27 bits per heavy atom. The first-order valence-electron chi connectivity index (χ1n) is 10.6. The van der Waals surface area contributed by atoms with Crippen LogP contribution in [-0.2, 0) is 6.42 Å². The van der Waals surface area contributed by atoms with Crippen LogP contribution < -0.4 is 0 Å². The molecule has 0 unspecified atom stereocenters. The maximum atomic E-state index is 3.42. The van der Waals surface area contributed by atoms with Crippen molar-refractivity contribution in [1.29, 1.82) is 0 Å². The van der Waals surface area contributed by atoms with E-state index < -0.39 is 0 Å². The molecular formula is C26H34. The Balaban J connectivity index is 1.72. The van der Waals surface area contributed by atoms with Crippen LogP contribution in [0.4, 0.5) is 0 Å². The molecule has 1 aromatic carbocycles. The van der Waals surface area contributed by atoms with E-state index in [1.807, 2.05) is 12.2 Å². The SMILES string of the molecule is CCCCc1ccc(C#C/C=C/C#C[C@H]2CC[C@H](CCCC)CC2)cc1. The molecule has 0 aromatic heterocycles. The molecular weight excluding hydrogens is 312 g/mol. The van der Waals surface area contributed by atoms with Gasteiger partial charge >= 0.3 is 0 Å². The maximum absolute atomic E-state index is 3.42. The van der Waals surface area contributed by atoms with Crippen LogP contribution in [0, 0.1) is 35.5 Å². The molecule has 0 spiro atoms. The molecule has 0 nitrogen and oxygen atoms in total. The number of hydrogen-bond acceptors (Lipinski definition) is 0. The normalized spacial score (nSPS) is 19.5. The zero-order valence-corrected chi connectivity index (χ0v) is 16.7. The molecule has 0 saturated heterocycles. The third kappa shape index (κ3) is 7.97. The van der Waals surface area contributed by atoms with Crippen molar-refractivity contribution < 1.29 is 0 Å². The van der Waals surface area contributed by atoms with E-state index in [9.17, 15) is 0 Å². The van der Waals surface area contributed by atoms with Gasteiger partial charge in [-0.2, -0.15) is 0 Å². The van der Waals surface area contributed by atoms with Gasteiger partial charge in [0, 0.05) is 11.5 Å². The molecule has 26 heavy (non-hydrogen) atoms. The van der Waals surface area contributed by atoms with Gasteiger partial charge in [0.15, 0.2) is 0 Å². The Bertz CT molecular complexity index is 646. The third-order valence-corrected chi connectivity index (χ3v) is 5.34. The highest BCUT2D eigenvalue weighted by atomic mass is 14.2. The maximum Gasteiger partial charge on any atom is 0.0249 e. The first-order valence-corrected chi connectivity index (χ1v) is 10.6. The van der Waals surface area contributed by atoms with Crippen LogP contribution in [0.5, 0.6) is 0 Å². The lowest BCUT2D eigenvalue weighted by molar-refractivity contribution is 0.296. The van der Waals surface area contributed by atoms with Crippen LogP contribution in [0.1, 0.15) is 82.8 Å². The van der Waals surface area contributed by atoms with Crippen LogP contribution >= 0.6 is 0 Å². The molecule has 138 valence electrons. The quantitative estimate of drug-likeness (QED) is 0.489. The summed E-state index contributed by atoms with van der Waals surface area (Å²) in [5, 5.41) is 0. The van der Waals surface area contributed by atoms with E-state index in [1.165, 1.54) is 69.8 Å². The summed E-state index contributed by atoms with van der Waals surface area (Å²) in [5.74, 6) is 14.5. The smallest absolute Gasteiger partial charge is 0.0249 e. The summed E-state index contributed by atoms with van der Waals surface area (Å²) >= 11 is 0. The highest BCUT2D eigenvalue weighted by Crippen LogP contribution is 2.31. The number of benzene rings is 1. The first-order chi connectivity index (χ1) is 12.8.